The van der Waals surface area contributed by atoms with Crippen LogP contribution in [0.25, 0.3) is 22.2 Å². The van der Waals surface area contributed by atoms with E-state index in [1.807, 2.05) is 37.3 Å². The molecule has 3 N–H and O–H groups in total. The van der Waals surface area contributed by atoms with Crippen molar-refractivity contribution in [3.63, 3.8) is 0 Å². The van der Waals surface area contributed by atoms with Crippen molar-refractivity contribution in [2.45, 2.75) is 13.8 Å². The first-order valence-electron chi connectivity index (χ1n) is 7.98. The molecule has 0 aliphatic rings. The van der Waals surface area contributed by atoms with Crippen LogP contribution in [0, 0.1) is 13.8 Å². The number of aryl methyl sites for hydroxylation is 2. The zero-order chi connectivity index (χ0) is 17.4. The minimum absolute atomic E-state index is 0.241. The Kier molecular flexibility index (Phi) is 3.57. The Morgan fingerprint density at radius 2 is 2.04 bits per heavy atom. The number of aromatic amines is 2. The van der Waals surface area contributed by atoms with E-state index in [-0.39, 0.29) is 5.91 Å². The van der Waals surface area contributed by atoms with Crippen LogP contribution in [0.1, 0.15) is 21.7 Å². The lowest BCUT2D eigenvalue weighted by molar-refractivity contribution is 0.102. The highest BCUT2D eigenvalue weighted by Gasteiger charge is 2.11. The number of carbonyl (C=O) groups excluding carboxylic acids is 1. The van der Waals surface area contributed by atoms with E-state index >= 15 is 0 Å². The first-order valence-corrected chi connectivity index (χ1v) is 7.98. The maximum absolute atomic E-state index is 12.6. The van der Waals surface area contributed by atoms with Crippen molar-refractivity contribution in [2.24, 2.45) is 0 Å². The highest BCUT2D eigenvalue weighted by molar-refractivity contribution is 6.04. The van der Waals surface area contributed by atoms with Crippen LogP contribution < -0.4 is 5.32 Å². The molecule has 0 unspecified atom stereocenters. The van der Waals surface area contributed by atoms with Crippen molar-refractivity contribution in [3.8, 4) is 11.3 Å². The van der Waals surface area contributed by atoms with Crippen molar-refractivity contribution in [1.29, 1.82) is 0 Å². The second kappa shape index (κ2) is 5.90. The molecule has 0 spiro atoms. The van der Waals surface area contributed by atoms with Gasteiger partial charge < -0.3 is 10.3 Å². The molecular formula is C19H17N5O. The molecule has 0 saturated heterocycles. The zero-order valence-electron chi connectivity index (χ0n) is 13.9. The molecule has 6 nitrogen and oxygen atoms in total. The Hall–Kier alpha value is -3.41. The van der Waals surface area contributed by atoms with Crippen LogP contribution in [0.5, 0.6) is 0 Å². The molecule has 1 amide bonds. The number of rotatable bonds is 3. The number of anilines is 1. The number of hydrogen-bond acceptors (Lipinski definition) is 3. The fraction of sp³-hybridized carbons (Fsp3) is 0.105. The summed E-state index contributed by atoms with van der Waals surface area (Å²) in [4.78, 5) is 20.3. The second-order valence-corrected chi connectivity index (χ2v) is 5.98. The summed E-state index contributed by atoms with van der Waals surface area (Å²) in [5.41, 5.74) is 6.03. The van der Waals surface area contributed by atoms with Crippen LogP contribution in [0.2, 0.25) is 0 Å². The summed E-state index contributed by atoms with van der Waals surface area (Å²) >= 11 is 0. The number of benzene rings is 1. The first-order chi connectivity index (χ1) is 12.1. The minimum atomic E-state index is -0.241. The summed E-state index contributed by atoms with van der Waals surface area (Å²) in [5, 5.41) is 10.7. The van der Waals surface area contributed by atoms with E-state index in [1.54, 1.807) is 18.5 Å². The molecule has 0 aliphatic heterocycles. The van der Waals surface area contributed by atoms with Gasteiger partial charge in [0.1, 0.15) is 5.69 Å². The molecule has 1 aromatic carbocycles. The quantitative estimate of drug-likeness (QED) is 0.533. The summed E-state index contributed by atoms with van der Waals surface area (Å²) in [7, 11) is 0. The largest absolute Gasteiger partial charge is 0.358 e. The van der Waals surface area contributed by atoms with Gasteiger partial charge in [-0.1, -0.05) is 6.07 Å². The molecule has 0 bridgehead atoms. The molecule has 4 aromatic rings. The third-order valence-electron chi connectivity index (χ3n) is 4.34. The highest BCUT2D eigenvalue weighted by Crippen LogP contribution is 2.25. The van der Waals surface area contributed by atoms with E-state index in [0.29, 0.717) is 11.4 Å². The topological polar surface area (TPSA) is 86.5 Å². The van der Waals surface area contributed by atoms with Crippen LogP contribution in [0.3, 0.4) is 0 Å². The van der Waals surface area contributed by atoms with E-state index in [4.69, 9.17) is 0 Å². The number of pyridine rings is 1. The smallest absolute Gasteiger partial charge is 0.274 e. The maximum Gasteiger partial charge on any atom is 0.274 e. The van der Waals surface area contributed by atoms with Crippen LogP contribution >= 0.6 is 0 Å². The van der Waals surface area contributed by atoms with Crippen LogP contribution in [0.15, 0.2) is 48.8 Å². The Labute approximate surface area is 144 Å². The van der Waals surface area contributed by atoms with Crippen molar-refractivity contribution >= 4 is 22.5 Å². The molecule has 0 saturated carbocycles. The van der Waals surface area contributed by atoms with E-state index in [0.717, 1.165) is 27.8 Å². The number of nitrogens with zero attached hydrogens (tertiary/aromatic N) is 2. The fourth-order valence-electron chi connectivity index (χ4n) is 2.85. The molecule has 3 heterocycles. The molecule has 25 heavy (non-hydrogen) atoms. The molecule has 4 rings (SSSR count). The Morgan fingerprint density at radius 3 is 2.84 bits per heavy atom. The predicted octanol–water partition coefficient (Wildman–Crippen LogP) is 3.82. The fourth-order valence-corrected chi connectivity index (χ4v) is 2.85. The monoisotopic (exact) mass is 331 g/mol. The summed E-state index contributed by atoms with van der Waals surface area (Å²) in [6.45, 7) is 4.11. The van der Waals surface area contributed by atoms with Gasteiger partial charge in [0.15, 0.2) is 0 Å². The maximum atomic E-state index is 12.6. The van der Waals surface area contributed by atoms with Crippen molar-refractivity contribution in [2.75, 3.05) is 5.32 Å². The molecule has 6 heteroatoms. The average Bonchev–Trinajstić information content (AvgIpc) is 3.25. The molecule has 3 aromatic heterocycles. The van der Waals surface area contributed by atoms with E-state index in [9.17, 15) is 4.79 Å². The van der Waals surface area contributed by atoms with Gasteiger partial charge in [-0.3, -0.25) is 9.89 Å². The number of aromatic nitrogens is 4. The summed E-state index contributed by atoms with van der Waals surface area (Å²) in [5.74, 6) is -0.241. The Morgan fingerprint density at radius 1 is 1.16 bits per heavy atom. The van der Waals surface area contributed by atoms with Crippen molar-refractivity contribution in [1.82, 2.24) is 20.2 Å². The molecule has 0 fully saturated rings. The minimum Gasteiger partial charge on any atom is -0.358 e. The van der Waals surface area contributed by atoms with Gasteiger partial charge in [-0.2, -0.15) is 5.10 Å². The van der Waals surface area contributed by atoms with Gasteiger partial charge in [0.2, 0.25) is 0 Å². The average molecular weight is 331 g/mol. The lowest BCUT2D eigenvalue weighted by Crippen LogP contribution is -2.13. The third kappa shape index (κ3) is 2.78. The van der Waals surface area contributed by atoms with Gasteiger partial charge in [0.05, 0.1) is 11.9 Å². The SMILES string of the molecule is Cc1[nH]c2ccc(NC(=O)c3cccc(-c4cn[nH]c4)n3)cc2c1C. The van der Waals surface area contributed by atoms with Crippen molar-refractivity contribution < 1.29 is 4.79 Å². The number of hydrogen-bond donors (Lipinski definition) is 3. The molecule has 0 radical (unpaired) electrons. The zero-order valence-corrected chi connectivity index (χ0v) is 13.9. The number of nitrogens with one attached hydrogen (secondary N) is 3. The van der Waals surface area contributed by atoms with Crippen LogP contribution in [-0.2, 0) is 0 Å². The van der Waals surface area contributed by atoms with Crippen LogP contribution in [0.4, 0.5) is 5.69 Å². The molecule has 124 valence electrons. The van der Waals surface area contributed by atoms with E-state index < -0.39 is 0 Å². The highest BCUT2D eigenvalue weighted by atomic mass is 16.1. The molecule has 0 aliphatic carbocycles. The summed E-state index contributed by atoms with van der Waals surface area (Å²) in [6.07, 6.45) is 3.42. The lowest BCUT2D eigenvalue weighted by atomic mass is 10.1. The van der Waals surface area contributed by atoms with Crippen molar-refractivity contribution in [3.05, 3.63) is 65.7 Å². The normalized spacial score (nSPS) is 11.0. The van der Waals surface area contributed by atoms with Gasteiger partial charge in [-0.15, -0.1) is 0 Å². The van der Waals surface area contributed by atoms with E-state index in [1.165, 1.54) is 5.56 Å². The molecule has 0 atom stereocenters. The summed E-state index contributed by atoms with van der Waals surface area (Å²) < 4.78 is 0. The van der Waals surface area contributed by atoms with Gasteiger partial charge in [-0.05, 0) is 49.7 Å². The van der Waals surface area contributed by atoms with Gasteiger partial charge in [0.25, 0.3) is 5.91 Å². The van der Waals surface area contributed by atoms with Gasteiger partial charge >= 0.3 is 0 Å². The Bertz CT molecular complexity index is 1060. The van der Waals surface area contributed by atoms with E-state index in [2.05, 4.69) is 32.4 Å². The van der Waals surface area contributed by atoms with Crippen LogP contribution in [-0.4, -0.2) is 26.1 Å². The number of amides is 1. The third-order valence-corrected chi connectivity index (χ3v) is 4.34. The Balaban J connectivity index is 1.62. The number of carbonyl (C=O) groups is 1. The standard InChI is InChI=1S/C19H17N5O/c1-11-12(2)22-17-7-6-14(8-15(11)17)23-19(25)18-5-3-4-16(24-18)13-9-20-21-10-13/h3-10,22H,1-2H3,(H,20,21)(H,23,25). The number of H-pyrrole nitrogens is 2. The number of fused-ring (bicyclic) bond motifs is 1. The first kappa shape index (κ1) is 15.1. The van der Waals surface area contributed by atoms with Gasteiger partial charge in [0, 0.05) is 34.0 Å². The predicted molar refractivity (Wildman–Crippen MR) is 97.5 cm³/mol. The summed E-state index contributed by atoms with van der Waals surface area (Å²) in [6, 6.07) is 11.2. The van der Waals surface area contributed by atoms with Gasteiger partial charge in [-0.25, -0.2) is 4.98 Å². The molecular weight excluding hydrogens is 314 g/mol. The second-order valence-electron chi connectivity index (χ2n) is 5.98. The lowest BCUT2D eigenvalue weighted by Gasteiger charge is -2.06.